The van der Waals surface area contributed by atoms with Gasteiger partial charge in [0.2, 0.25) is 0 Å². The van der Waals surface area contributed by atoms with Gasteiger partial charge in [-0.25, -0.2) is 0 Å². The van der Waals surface area contributed by atoms with E-state index in [1.165, 1.54) is 0 Å². The van der Waals surface area contributed by atoms with Gasteiger partial charge < -0.3 is 10.5 Å². The molecule has 0 bridgehead atoms. The highest BCUT2D eigenvalue weighted by Crippen LogP contribution is 1.73. The van der Waals surface area contributed by atoms with Gasteiger partial charge in [-0.3, -0.25) is 4.98 Å². The van der Waals surface area contributed by atoms with Crippen molar-refractivity contribution < 1.29 is 5.48 Å². The minimum absolute atomic E-state index is 0. The number of nitrogens with zero attached hydrogens (tertiary/aromatic N) is 1. The van der Waals surface area contributed by atoms with Crippen molar-refractivity contribution in [3.63, 3.8) is 0 Å². The normalized spacial score (nSPS) is 7.33. The van der Waals surface area contributed by atoms with Gasteiger partial charge in [0.1, 0.15) is 0 Å². The minimum Gasteiger partial charge on any atom is -0.412 e. The van der Waals surface area contributed by atoms with Crippen LogP contribution in [0.4, 0.5) is 0 Å². The molecule has 0 aromatic carbocycles. The maximum Gasteiger partial charge on any atom is 0.0267 e. The molecule has 2 heterocycles. The van der Waals surface area contributed by atoms with Gasteiger partial charge in [0, 0.05) is 24.8 Å². The first-order valence-corrected chi connectivity index (χ1v) is 3.43. The molecule has 64 valence electrons. The summed E-state index contributed by atoms with van der Waals surface area (Å²) in [6, 6.07) is 9.60. The van der Waals surface area contributed by atoms with Crippen molar-refractivity contribution in [2.75, 3.05) is 0 Å². The summed E-state index contributed by atoms with van der Waals surface area (Å²) >= 11 is 0. The zero-order chi connectivity index (χ0) is 7.78. The molecule has 0 saturated carbocycles. The molecule has 2 aromatic rings. The number of H-pyrrole nitrogens is 1. The SMILES string of the molecule is O.c1cc[nH]c1.c1ccncc1. The fourth-order valence-electron chi connectivity index (χ4n) is 0.590. The van der Waals surface area contributed by atoms with Crippen molar-refractivity contribution in [1.29, 1.82) is 0 Å². The summed E-state index contributed by atoms with van der Waals surface area (Å²) in [4.78, 5) is 6.65. The first kappa shape index (κ1) is 10.4. The van der Waals surface area contributed by atoms with E-state index < -0.39 is 0 Å². The van der Waals surface area contributed by atoms with Crippen LogP contribution in [0, 0.1) is 0 Å². The number of aromatic amines is 1. The predicted molar refractivity (Wildman–Crippen MR) is 48.6 cm³/mol. The Morgan fingerprint density at radius 2 is 1.33 bits per heavy atom. The Labute approximate surface area is 71.4 Å². The van der Waals surface area contributed by atoms with Crippen molar-refractivity contribution in [2.24, 2.45) is 0 Å². The van der Waals surface area contributed by atoms with Crippen LogP contribution in [0.1, 0.15) is 0 Å². The first-order valence-electron chi connectivity index (χ1n) is 3.43. The Hall–Kier alpha value is -1.61. The van der Waals surface area contributed by atoms with Gasteiger partial charge in [0.05, 0.1) is 0 Å². The molecule has 3 N–H and O–H groups in total. The second-order valence-electron chi connectivity index (χ2n) is 1.91. The quantitative estimate of drug-likeness (QED) is 0.626. The smallest absolute Gasteiger partial charge is 0.0267 e. The van der Waals surface area contributed by atoms with Crippen LogP contribution in [0.5, 0.6) is 0 Å². The van der Waals surface area contributed by atoms with Crippen molar-refractivity contribution in [1.82, 2.24) is 9.97 Å². The van der Waals surface area contributed by atoms with E-state index in [9.17, 15) is 0 Å². The topological polar surface area (TPSA) is 60.2 Å². The number of pyridine rings is 1. The third-order valence-electron chi connectivity index (χ3n) is 1.06. The Bertz CT molecular complexity index is 198. The summed E-state index contributed by atoms with van der Waals surface area (Å²) in [5.41, 5.74) is 0. The fraction of sp³-hybridized carbons (Fsp3) is 0. The maximum absolute atomic E-state index is 3.78. The lowest BCUT2D eigenvalue weighted by atomic mass is 10.5. The van der Waals surface area contributed by atoms with Crippen LogP contribution in [-0.4, -0.2) is 15.4 Å². The van der Waals surface area contributed by atoms with Crippen molar-refractivity contribution in [2.45, 2.75) is 0 Å². The Morgan fingerprint density at radius 1 is 0.750 bits per heavy atom. The lowest BCUT2D eigenvalue weighted by Crippen LogP contribution is -1.58. The molecule has 0 radical (unpaired) electrons. The van der Waals surface area contributed by atoms with Crippen LogP contribution in [-0.2, 0) is 0 Å². The molecule has 0 spiro atoms. The number of aromatic nitrogens is 2. The Balaban J connectivity index is 0.000000189. The van der Waals surface area contributed by atoms with Gasteiger partial charge in [-0.15, -0.1) is 0 Å². The summed E-state index contributed by atoms with van der Waals surface area (Å²) in [7, 11) is 0. The minimum atomic E-state index is 0. The lowest BCUT2D eigenvalue weighted by molar-refractivity contribution is 0.824. The average Bonchev–Trinajstić information content (AvgIpc) is 2.64. The summed E-state index contributed by atoms with van der Waals surface area (Å²) in [6.45, 7) is 0. The first-order chi connectivity index (χ1) is 5.50. The molecule has 0 saturated heterocycles. The molecular formula is C9H12N2O. The molecule has 3 heteroatoms. The van der Waals surface area contributed by atoms with Crippen LogP contribution in [0.2, 0.25) is 0 Å². The molecule has 0 aliphatic heterocycles. The van der Waals surface area contributed by atoms with E-state index in [1.54, 1.807) is 12.4 Å². The summed E-state index contributed by atoms with van der Waals surface area (Å²) in [6.07, 6.45) is 7.25. The lowest BCUT2D eigenvalue weighted by Gasteiger charge is -1.70. The van der Waals surface area contributed by atoms with Crippen molar-refractivity contribution in [3.05, 3.63) is 55.1 Å². The second-order valence-corrected chi connectivity index (χ2v) is 1.91. The van der Waals surface area contributed by atoms with E-state index in [0.717, 1.165) is 0 Å². The maximum atomic E-state index is 3.78. The van der Waals surface area contributed by atoms with Crippen LogP contribution in [0.25, 0.3) is 0 Å². The number of nitrogens with one attached hydrogen (secondary N) is 1. The second kappa shape index (κ2) is 7.50. The van der Waals surface area contributed by atoms with E-state index >= 15 is 0 Å². The van der Waals surface area contributed by atoms with Gasteiger partial charge in [-0.2, -0.15) is 0 Å². The molecule has 0 aliphatic rings. The highest BCUT2D eigenvalue weighted by atomic mass is 16.0. The number of hydrogen-bond donors (Lipinski definition) is 1. The van der Waals surface area contributed by atoms with E-state index in [0.29, 0.717) is 0 Å². The van der Waals surface area contributed by atoms with Crippen molar-refractivity contribution in [3.8, 4) is 0 Å². The summed E-state index contributed by atoms with van der Waals surface area (Å²) in [5, 5.41) is 0. The van der Waals surface area contributed by atoms with Crippen LogP contribution in [0.15, 0.2) is 55.1 Å². The van der Waals surface area contributed by atoms with Crippen LogP contribution >= 0.6 is 0 Å². The molecule has 0 aliphatic carbocycles. The largest absolute Gasteiger partial charge is 0.412 e. The van der Waals surface area contributed by atoms with Gasteiger partial charge in [0.15, 0.2) is 0 Å². The molecule has 0 amide bonds. The van der Waals surface area contributed by atoms with Gasteiger partial charge in [0.25, 0.3) is 0 Å². The molecule has 0 atom stereocenters. The zero-order valence-electron chi connectivity index (χ0n) is 6.64. The Morgan fingerprint density at radius 3 is 1.50 bits per heavy atom. The van der Waals surface area contributed by atoms with Crippen LogP contribution < -0.4 is 0 Å². The molecule has 3 nitrogen and oxygen atoms in total. The van der Waals surface area contributed by atoms with Gasteiger partial charge in [-0.1, -0.05) is 6.07 Å². The molecule has 12 heavy (non-hydrogen) atoms. The van der Waals surface area contributed by atoms with E-state index in [1.807, 2.05) is 42.7 Å². The van der Waals surface area contributed by atoms with Gasteiger partial charge >= 0.3 is 0 Å². The molecule has 0 unspecified atom stereocenters. The number of hydrogen-bond acceptors (Lipinski definition) is 1. The fourth-order valence-corrected chi connectivity index (χ4v) is 0.590. The molecule has 2 aromatic heterocycles. The highest BCUT2D eigenvalue weighted by molar-refractivity contribution is 4.88. The summed E-state index contributed by atoms with van der Waals surface area (Å²) < 4.78 is 0. The molecule has 0 fully saturated rings. The Kier molecular flexibility index (Phi) is 6.49. The third-order valence-corrected chi connectivity index (χ3v) is 1.06. The van der Waals surface area contributed by atoms with Crippen molar-refractivity contribution >= 4 is 0 Å². The van der Waals surface area contributed by atoms with E-state index in [-0.39, 0.29) is 5.48 Å². The highest BCUT2D eigenvalue weighted by Gasteiger charge is 1.58. The van der Waals surface area contributed by atoms with E-state index in [4.69, 9.17) is 0 Å². The van der Waals surface area contributed by atoms with E-state index in [2.05, 4.69) is 9.97 Å². The van der Waals surface area contributed by atoms with Gasteiger partial charge in [-0.05, 0) is 24.3 Å². The molecule has 2 rings (SSSR count). The zero-order valence-corrected chi connectivity index (χ0v) is 6.64. The van der Waals surface area contributed by atoms with Crippen LogP contribution in [0.3, 0.4) is 0 Å². The standard InChI is InChI=1S/C5H5N.C4H5N.H2O/c1-2-4-6-5-3-1;1-2-4-5-3-1;/h1-5H;1-5H;1H2. The average molecular weight is 164 g/mol. The summed E-state index contributed by atoms with van der Waals surface area (Å²) in [5.74, 6) is 0. The monoisotopic (exact) mass is 164 g/mol. The predicted octanol–water partition coefficient (Wildman–Crippen LogP) is 1.27. The number of rotatable bonds is 0. The molecular weight excluding hydrogens is 152 g/mol. The third kappa shape index (κ3) is 5.20.